The van der Waals surface area contributed by atoms with Gasteiger partial charge in [-0.3, -0.25) is 9.69 Å². The number of hydrogen-bond acceptors (Lipinski definition) is 4. The lowest BCUT2D eigenvalue weighted by Crippen LogP contribution is -2.27. The molecule has 3 rings (SSSR count). The van der Waals surface area contributed by atoms with Gasteiger partial charge in [-0.2, -0.15) is 0 Å². The van der Waals surface area contributed by atoms with Crippen molar-refractivity contribution in [1.29, 1.82) is 0 Å². The average Bonchev–Trinajstić information content (AvgIpc) is 2.75. The van der Waals surface area contributed by atoms with E-state index >= 15 is 0 Å². The molecule has 0 atom stereocenters. The molecular weight excluding hydrogens is 321 g/mol. The van der Waals surface area contributed by atoms with Crippen LogP contribution >= 0.6 is 24.0 Å². The Morgan fingerprint density at radius 3 is 2.59 bits per heavy atom. The summed E-state index contributed by atoms with van der Waals surface area (Å²) in [6.45, 7) is 0. The number of halogens is 1. The minimum absolute atomic E-state index is 0.115. The standard InChI is InChI=1S/C16H10FNO2S2/c17-11-3-1-2-10(8-11)9-14-15(20)18(16(21)22-14)12-4-6-13(19)7-5-12/h1-9,19H/b14-9-. The van der Waals surface area contributed by atoms with Crippen molar-refractivity contribution in [2.45, 2.75) is 0 Å². The van der Waals surface area contributed by atoms with Crippen molar-refractivity contribution in [3.63, 3.8) is 0 Å². The number of aromatic hydroxyl groups is 1. The van der Waals surface area contributed by atoms with E-state index in [1.165, 1.54) is 40.9 Å². The molecule has 0 spiro atoms. The van der Waals surface area contributed by atoms with E-state index in [1.807, 2.05) is 0 Å². The first-order valence-corrected chi connectivity index (χ1v) is 7.59. The fraction of sp³-hybridized carbons (Fsp3) is 0. The molecule has 2 aromatic carbocycles. The lowest BCUT2D eigenvalue weighted by Gasteiger charge is -2.14. The molecule has 1 amide bonds. The number of thioether (sulfide) groups is 1. The third-order valence-corrected chi connectivity index (χ3v) is 4.35. The van der Waals surface area contributed by atoms with Crippen LogP contribution in [0.25, 0.3) is 6.08 Å². The number of phenolic OH excluding ortho intramolecular Hbond substituents is 1. The molecule has 2 aromatic rings. The number of benzene rings is 2. The van der Waals surface area contributed by atoms with Crippen molar-refractivity contribution in [3.05, 3.63) is 64.8 Å². The topological polar surface area (TPSA) is 40.5 Å². The normalized spacial score (nSPS) is 16.6. The summed E-state index contributed by atoms with van der Waals surface area (Å²) in [6, 6.07) is 12.2. The summed E-state index contributed by atoms with van der Waals surface area (Å²) in [5, 5.41) is 9.32. The van der Waals surface area contributed by atoms with Crippen molar-refractivity contribution >= 4 is 46.0 Å². The quantitative estimate of drug-likeness (QED) is 0.668. The molecule has 6 heteroatoms. The van der Waals surface area contributed by atoms with Crippen LogP contribution in [0.15, 0.2) is 53.4 Å². The summed E-state index contributed by atoms with van der Waals surface area (Å²) in [7, 11) is 0. The minimum Gasteiger partial charge on any atom is -0.508 e. The highest BCUT2D eigenvalue weighted by molar-refractivity contribution is 8.27. The zero-order valence-electron chi connectivity index (χ0n) is 11.2. The van der Waals surface area contributed by atoms with Crippen LogP contribution in [0.4, 0.5) is 10.1 Å². The van der Waals surface area contributed by atoms with Gasteiger partial charge in [-0.25, -0.2) is 4.39 Å². The van der Waals surface area contributed by atoms with E-state index in [9.17, 15) is 14.3 Å². The van der Waals surface area contributed by atoms with E-state index in [1.54, 1.807) is 30.3 Å². The lowest BCUT2D eigenvalue weighted by molar-refractivity contribution is -0.113. The Morgan fingerprint density at radius 1 is 1.18 bits per heavy atom. The smallest absolute Gasteiger partial charge is 0.270 e. The number of amides is 1. The van der Waals surface area contributed by atoms with Gasteiger partial charge in [0.15, 0.2) is 4.32 Å². The van der Waals surface area contributed by atoms with Gasteiger partial charge in [-0.1, -0.05) is 36.1 Å². The predicted molar refractivity (Wildman–Crippen MR) is 90.2 cm³/mol. The first kappa shape index (κ1) is 14.7. The van der Waals surface area contributed by atoms with Crippen LogP contribution in [-0.2, 0) is 4.79 Å². The van der Waals surface area contributed by atoms with Gasteiger partial charge in [0.1, 0.15) is 11.6 Å². The maximum absolute atomic E-state index is 13.2. The van der Waals surface area contributed by atoms with Gasteiger partial charge in [0.2, 0.25) is 0 Å². The molecule has 1 heterocycles. The SMILES string of the molecule is O=C1/C(=C/c2cccc(F)c2)SC(=S)N1c1ccc(O)cc1. The number of carbonyl (C=O) groups excluding carboxylic acids is 1. The fourth-order valence-electron chi connectivity index (χ4n) is 2.04. The predicted octanol–water partition coefficient (Wildman–Crippen LogP) is 3.94. The Kier molecular flexibility index (Phi) is 3.96. The molecule has 0 unspecified atom stereocenters. The van der Waals surface area contributed by atoms with Crippen molar-refractivity contribution in [1.82, 2.24) is 0 Å². The number of nitrogens with zero attached hydrogens (tertiary/aromatic N) is 1. The van der Waals surface area contributed by atoms with E-state index in [0.717, 1.165) is 0 Å². The van der Waals surface area contributed by atoms with Gasteiger partial charge in [-0.05, 0) is 48.0 Å². The van der Waals surface area contributed by atoms with E-state index < -0.39 is 0 Å². The Balaban J connectivity index is 1.93. The maximum Gasteiger partial charge on any atom is 0.270 e. The number of thiocarbonyl (C=S) groups is 1. The van der Waals surface area contributed by atoms with Gasteiger partial charge in [0, 0.05) is 0 Å². The van der Waals surface area contributed by atoms with E-state index in [2.05, 4.69) is 0 Å². The Hall–Kier alpha value is -2.18. The molecule has 0 aromatic heterocycles. The lowest BCUT2D eigenvalue weighted by atomic mass is 10.2. The fourth-order valence-corrected chi connectivity index (χ4v) is 3.34. The van der Waals surface area contributed by atoms with E-state index in [-0.39, 0.29) is 17.5 Å². The highest BCUT2D eigenvalue weighted by Gasteiger charge is 2.33. The molecule has 0 radical (unpaired) electrons. The molecule has 3 nitrogen and oxygen atoms in total. The monoisotopic (exact) mass is 331 g/mol. The highest BCUT2D eigenvalue weighted by Crippen LogP contribution is 2.36. The number of phenols is 1. The summed E-state index contributed by atoms with van der Waals surface area (Å²) in [5.74, 6) is -0.503. The van der Waals surface area contributed by atoms with Crippen molar-refractivity contribution < 1.29 is 14.3 Å². The molecule has 1 N–H and O–H groups in total. The van der Waals surface area contributed by atoms with E-state index in [4.69, 9.17) is 12.2 Å². The van der Waals surface area contributed by atoms with Crippen molar-refractivity contribution in [2.75, 3.05) is 4.90 Å². The van der Waals surface area contributed by atoms with Crippen molar-refractivity contribution in [3.8, 4) is 5.75 Å². The van der Waals surface area contributed by atoms with Crippen LogP contribution in [0.3, 0.4) is 0 Å². The number of rotatable bonds is 2. The molecule has 110 valence electrons. The molecule has 22 heavy (non-hydrogen) atoms. The molecule has 1 aliphatic heterocycles. The summed E-state index contributed by atoms with van der Waals surface area (Å²) in [5.41, 5.74) is 1.19. The molecule has 1 fully saturated rings. The second-order valence-corrected chi connectivity index (χ2v) is 6.26. The van der Waals surface area contributed by atoms with Crippen LogP contribution in [-0.4, -0.2) is 15.3 Å². The van der Waals surface area contributed by atoms with Crippen LogP contribution in [0.5, 0.6) is 5.75 Å². The first-order valence-electron chi connectivity index (χ1n) is 6.37. The minimum atomic E-state index is -0.359. The zero-order chi connectivity index (χ0) is 15.7. The summed E-state index contributed by atoms with van der Waals surface area (Å²) in [4.78, 5) is 14.3. The second-order valence-electron chi connectivity index (χ2n) is 4.59. The largest absolute Gasteiger partial charge is 0.508 e. The second kappa shape index (κ2) is 5.90. The average molecular weight is 331 g/mol. The van der Waals surface area contributed by atoms with Crippen LogP contribution in [0, 0.1) is 5.82 Å². The molecule has 1 aliphatic rings. The summed E-state index contributed by atoms with van der Waals surface area (Å²) >= 11 is 6.41. The number of hydrogen-bond donors (Lipinski definition) is 1. The Labute approximate surface area is 136 Å². The van der Waals surface area contributed by atoms with Gasteiger partial charge < -0.3 is 5.11 Å². The van der Waals surface area contributed by atoms with Gasteiger partial charge >= 0.3 is 0 Å². The number of carbonyl (C=O) groups is 1. The van der Waals surface area contributed by atoms with Crippen LogP contribution in [0.1, 0.15) is 5.56 Å². The Morgan fingerprint density at radius 2 is 1.91 bits per heavy atom. The van der Waals surface area contributed by atoms with Crippen LogP contribution in [0.2, 0.25) is 0 Å². The van der Waals surface area contributed by atoms with Crippen molar-refractivity contribution in [2.24, 2.45) is 0 Å². The molecule has 0 bridgehead atoms. The summed E-state index contributed by atoms with van der Waals surface area (Å²) in [6.07, 6.45) is 1.61. The molecule has 0 saturated carbocycles. The highest BCUT2D eigenvalue weighted by atomic mass is 32.2. The third kappa shape index (κ3) is 2.88. The third-order valence-electron chi connectivity index (χ3n) is 3.05. The first-order chi connectivity index (χ1) is 10.5. The van der Waals surface area contributed by atoms with Gasteiger partial charge in [0.05, 0.1) is 10.6 Å². The number of anilines is 1. The Bertz CT molecular complexity index is 787. The van der Waals surface area contributed by atoms with Gasteiger partial charge in [0.25, 0.3) is 5.91 Å². The van der Waals surface area contributed by atoms with E-state index in [0.29, 0.717) is 20.5 Å². The van der Waals surface area contributed by atoms with Gasteiger partial charge in [-0.15, -0.1) is 0 Å². The summed E-state index contributed by atoms with van der Waals surface area (Å²) < 4.78 is 13.6. The zero-order valence-corrected chi connectivity index (χ0v) is 12.8. The maximum atomic E-state index is 13.2. The van der Waals surface area contributed by atoms with Crippen LogP contribution < -0.4 is 4.90 Å². The molecule has 1 saturated heterocycles. The molecular formula is C16H10FNO2S2. The molecule has 0 aliphatic carbocycles.